The Balaban J connectivity index is 2.46. The lowest BCUT2D eigenvalue weighted by Gasteiger charge is -2.30. The molecule has 1 N–H and O–H groups in total. The minimum atomic E-state index is -3.69. The summed E-state index contributed by atoms with van der Waals surface area (Å²) in [6, 6.07) is 2.81. The molecule has 0 aromatic heterocycles. The molecular formula is C12H15Cl2NO3S2. The summed E-state index contributed by atoms with van der Waals surface area (Å²) in [5.41, 5.74) is 0.317. The van der Waals surface area contributed by atoms with Gasteiger partial charge < -0.3 is 5.11 Å². The average Bonchev–Trinajstić information content (AvgIpc) is 2.40. The zero-order chi connectivity index (χ0) is 14.9. The monoisotopic (exact) mass is 355 g/mol. The smallest absolute Gasteiger partial charge is 0.244 e. The molecule has 1 unspecified atom stereocenters. The number of aliphatic hydroxyl groups excluding tert-OH is 1. The van der Waals surface area contributed by atoms with E-state index in [0.717, 1.165) is 5.75 Å². The molecule has 8 heteroatoms. The first-order valence-electron chi connectivity index (χ1n) is 6.06. The van der Waals surface area contributed by atoms with Gasteiger partial charge in [-0.1, -0.05) is 30.1 Å². The topological polar surface area (TPSA) is 57.6 Å². The van der Waals surface area contributed by atoms with Gasteiger partial charge in [0.2, 0.25) is 10.0 Å². The van der Waals surface area contributed by atoms with Gasteiger partial charge in [0, 0.05) is 29.1 Å². The lowest BCUT2D eigenvalue weighted by atomic mass is 10.2. The number of nitrogens with zero attached hydrogens (tertiary/aromatic N) is 1. The average molecular weight is 356 g/mol. The molecule has 2 rings (SSSR count). The van der Waals surface area contributed by atoms with Crippen molar-refractivity contribution in [3.63, 3.8) is 0 Å². The number of hydrogen-bond donors (Lipinski definition) is 1. The van der Waals surface area contributed by atoms with E-state index in [1.165, 1.54) is 16.4 Å². The molecule has 1 heterocycles. The second-order valence-corrected chi connectivity index (χ2v) is 8.85. The van der Waals surface area contributed by atoms with E-state index in [4.69, 9.17) is 23.2 Å². The Hall–Kier alpha value is 0.0200. The fourth-order valence-electron chi connectivity index (χ4n) is 2.06. The summed E-state index contributed by atoms with van der Waals surface area (Å²) in [4.78, 5) is -0.0326. The zero-order valence-corrected chi connectivity index (χ0v) is 14.0. The molecule has 0 saturated carbocycles. The summed E-state index contributed by atoms with van der Waals surface area (Å²) in [5, 5.41) is 9.77. The van der Waals surface area contributed by atoms with Crippen LogP contribution in [-0.2, 0) is 16.6 Å². The molecule has 0 aliphatic carbocycles. The van der Waals surface area contributed by atoms with Gasteiger partial charge in [-0.05, 0) is 17.7 Å². The zero-order valence-electron chi connectivity index (χ0n) is 10.8. The molecule has 1 aromatic carbocycles. The molecular weight excluding hydrogens is 341 g/mol. The maximum atomic E-state index is 12.7. The molecule has 112 valence electrons. The normalized spacial score (nSPS) is 21.1. The molecule has 4 nitrogen and oxygen atoms in total. The van der Waals surface area contributed by atoms with Crippen molar-refractivity contribution in [1.82, 2.24) is 4.31 Å². The SMILES string of the molecule is CC1CN(S(=O)(=O)c2cc(Cl)cc(CO)c2Cl)CCS1. The van der Waals surface area contributed by atoms with Crippen molar-refractivity contribution in [2.24, 2.45) is 0 Å². The molecule has 0 spiro atoms. The molecule has 20 heavy (non-hydrogen) atoms. The number of hydrogen-bond acceptors (Lipinski definition) is 4. The van der Waals surface area contributed by atoms with Crippen LogP contribution >= 0.6 is 35.0 Å². The quantitative estimate of drug-likeness (QED) is 0.905. The van der Waals surface area contributed by atoms with E-state index in [1.807, 2.05) is 6.92 Å². The third-order valence-corrected chi connectivity index (χ3v) is 6.87. The minimum absolute atomic E-state index is 0.0326. The van der Waals surface area contributed by atoms with Gasteiger partial charge in [0.15, 0.2) is 0 Å². The predicted octanol–water partition coefficient (Wildman–Crippen LogP) is 2.61. The van der Waals surface area contributed by atoms with Crippen LogP contribution in [0.2, 0.25) is 10.0 Å². The highest BCUT2D eigenvalue weighted by Gasteiger charge is 2.31. The van der Waals surface area contributed by atoms with Crippen molar-refractivity contribution in [3.05, 3.63) is 27.7 Å². The number of thioether (sulfide) groups is 1. The first-order valence-corrected chi connectivity index (χ1v) is 9.31. The van der Waals surface area contributed by atoms with Gasteiger partial charge in [0.1, 0.15) is 4.90 Å². The molecule has 1 aromatic rings. The summed E-state index contributed by atoms with van der Waals surface area (Å²) in [7, 11) is -3.69. The van der Waals surface area contributed by atoms with Crippen LogP contribution < -0.4 is 0 Å². The molecule has 1 fully saturated rings. The molecule has 0 radical (unpaired) electrons. The van der Waals surface area contributed by atoms with E-state index in [1.54, 1.807) is 11.8 Å². The van der Waals surface area contributed by atoms with Gasteiger partial charge in [0.05, 0.1) is 11.6 Å². The van der Waals surface area contributed by atoms with Gasteiger partial charge in [-0.25, -0.2) is 8.42 Å². The molecule has 1 atom stereocenters. The van der Waals surface area contributed by atoms with Crippen LogP contribution in [0.25, 0.3) is 0 Å². The predicted molar refractivity (Wildman–Crippen MR) is 83.1 cm³/mol. The van der Waals surface area contributed by atoms with Crippen molar-refractivity contribution in [2.75, 3.05) is 18.8 Å². The first kappa shape index (κ1) is 16.4. The Labute approximate surface area is 133 Å². The maximum absolute atomic E-state index is 12.7. The van der Waals surface area contributed by atoms with Crippen LogP contribution in [0.3, 0.4) is 0 Å². The van der Waals surface area contributed by atoms with E-state index in [0.29, 0.717) is 18.7 Å². The summed E-state index contributed by atoms with van der Waals surface area (Å²) < 4.78 is 26.8. The van der Waals surface area contributed by atoms with Crippen molar-refractivity contribution in [1.29, 1.82) is 0 Å². The Morgan fingerprint density at radius 3 is 2.75 bits per heavy atom. The fraction of sp³-hybridized carbons (Fsp3) is 0.500. The lowest BCUT2D eigenvalue weighted by Crippen LogP contribution is -2.41. The number of rotatable bonds is 3. The van der Waals surface area contributed by atoms with Crippen LogP contribution in [0, 0.1) is 0 Å². The Bertz CT molecular complexity index is 607. The van der Waals surface area contributed by atoms with Crippen LogP contribution in [0.1, 0.15) is 12.5 Å². The highest BCUT2D eigenvalue weighted by Crippen LogP contribution is 2.33. The number of benzene rings is 1. The minimum Gasteiger partial charge on any atom is -0.392 e. The second kappa shape index (κ2) is 6.42. The summed E-state index contributed by atoms with van der Waals surface area (Å²) in [5.74, 6) is 0.755. The van der Waals surface area contributed by atoms with Gasteiger partial charge in [-0.2, -0.15) is 16.1 Å². The molecule has 0 amide bonds. The summed E-state index contributed by atoms with van der Waals surface area (Å²) in [6.07, 6.45) is 0. The van der Waals surface area contributed by atoms with Crippen LogP contribution in [0.15, 0.2) is 17.0 Å². The Morgan fingerprint density at radius 1 is 1.45 bits per heavy atom. The summed E-state index contributed by atoms with van der Waals surface area (Å²) in [6.45, 7) is 2.54. The number of sulfonamides is 1. The van der Waals surface area contributed by atoms with Gasteiger partial charge in [-0.15, -0.1) is 0 Å². The standard InChI is InChI=1S/C12H15Cl2NO3S2/c1-8-6-15(2-3-19-8)20(17,18)11-5-10(13)4-9(7-16)12(11)14/h4-5,8,16H,2-3,6-7H2,1H3. The Kier molecular flexibility index (Phi) is 5.26. The van der Waals surface area contributed by atoms with Gasteiger partial charge >= 0.3 is 0 Å². The van der Waals surface area contributed by atoms with Gasteiger partial charge in [-0.3, -0.25) is 0 Å². The highest BCUT2D eigenvalue weighted by molar-refractivity contribution is 8.00. The van der Waals surface area contributed by atoms with Crippen molar-refractivity contribution >= 4 is 45.0 Å². The molecule has 1 aliphatic rings. The van der Waals surface area contributed by atoms with Crippen LogP contribution in [0.5, 0.6) is 0 Å². The molecule has 1 aliphatic heterocycles. The van der Waals surface area contributed by atoms with Gasteiger partial charge in [0.25, 0.3) is 0 Å². The fourth-order valence-corrected chi connectivity index (χ4v) is 5.72. The molecule has 1 saturated heterocycles. The van der Waals surface area contributed by atoms with E-state index < -0.39 is 10.0 Å². The number of aliphatic hydroxyl groups is 1. The van der Waals surface area contributed by atoms with Crippen molar-refractivity contribution in [2.45, 2.75) is 23.7 Å². The summed E-state index contributed by atoms with van der Waals surface area (Å²) >= 11 is 13.8. The van der Waals surface area contributed by atoms with Crippen LogP contribution in [-0.4, -0.2) is 41.9 Å². The number of halogens is 2. The largest absolute Gasteiger partial charge is 0.392 e. The van der Waals surface area contributed by atoms with E-state index in [-0.39, 0.29) is 26.8 Å². The highest BCUT2D eigenvalue weighted by atomic mass is 35.5. The third-order valence-electron chi connectivity index (χ3n) is 3.07. The lowest BCUT2D eigenvalue weighted by molar-refractivity contribution is 0.281. The second-order valence-electron chi connectivity index (χ2n) is 4.58. The Morgan fingerprint density at radius 2 is 2.15 bits per heavy atom. The van der Waals surface area contributed by atoms with Crippen molar-refractivity contribution < 1.29 is 13.5 Å². The first-order chi connectivity index (χ1) is 9.36. The van der Waals surface area contributed by atoms with E-state index >= 15 is 0 Å². The molecule has 0 bridgehead atoms. The maximum Gasteiger partial charge on any atom is 0.244 e. The third kappa shape index (κ3) is 3.26. The van der Waals surface area contributed by atoms with Crippen molar-refractivity contribution in [3.8, 4) is 0 Å². The van der Waals surface area contributed by atoms with Crippen LogP contribution in [0.4, 0.5) is 0 Å². The van der Waals surface area contributed by atoms with E-state index in [2.05, 4.69) is 0 Å². The van der Waals surface area contributed by atoms with E-state index in [9.17, 15) is 13.5 Å².